The number of ketones is 1. The van der Waals surface area contributed by atoms with Crippen LogP contribution in [0.5, 0.6) is 5.75 Å². The lowest BCUT2D eigenvalue weighted by atomic mass is 10.1. The summed E-state index contributed by atoms with van der Waals surface area (Å²) in [4.78, 5) is 25.8. The quantitative estimate of drug-likeness (QED) is 0.530. The van der Waals surface area contributed by atoms with Gasteiger partial charge in [0.25, 0.3) is 11.7 Å². The molecule has 25 heavy (non-hydrogen) atoms. The molecule has 4 nitrogen and oxygen atoms in total. The largest absolute Gasteiger partial charge is 0.493 e. The zero-order chi connectivity index (χ0) is 18.0. The Hall–Kier alpha value is -2.14. The van der Waals surface area contributed by atoms with Gasteiger partial charge in [-0.1, -0.05) is 28.1 Å². The van der Waals surface area contributed by atoms with Crippen LogP contribution in [-0.2, 0) is 4.79 Å². The van der Waals surface area contributed by atoms with E-state index in [0.717, 1.165) is 28.6 Å². The second kappa shape index (κ2) is 7.40. The molecule has 1 heterocycles. The predicted octanol–water partition coefficient (Wildman–Crippen LogP) is 4.45. The van der Waals surface area contributed by atoms with Crippen molar-refractivity contribution >= 4 is 33.3 Å². The van der Waals surface area contributed by atoms with Crippen molar-refractivity contribution in [3.05, 3.63) is 57.6 Å². The third kappa shape index (κ3) is 3.76. The van der Waals surface area contributed by atoms with Crippen molar-refractivity contribution in [1.82, 2.24) is 0 Å². The van der Waals surface area contributed by atoms with E-state index in [-0.39, 0.29) is 0 Å². The van der Waals surface area contributed by atoms with Crippen LogP contribution in [0.3, 0.4) is 0 Å². The number of fused-ring (bicyclic) bond motifs is 1. The van der Waals surface area contributed by atoms with Crippen molar-refractivity contribution in [3.63, 3.8) is 0 Å². The highest BCUT2D eigenvalue weighted by Gasteiger charge is 2.35. The van der Waals surface area contributed by atoms with Gasteiger partial charge in [0.05, 0.1) is 17.9 Å². The van der Waals surface area contributed by atoms with Crippen LogP contribution in [-0.4, -0.2) is 24.8 Å². The molecule has 2 aromatic carbocycles. The number of ether oxygens (including phenoxy) is 1. The minimum atomic E-state index is -0.441. The molecule has 1 aliphatic rings. The summed E-state index contributed by atoms with van der Waals surface area (Å²) in [5.74, 6) is 0.0362. The molecule has 0 unspecified atom stereocenters. The Bertz CT molecular complexity index is 832. The molecular formula is C20H20BrNO3. The maximum absolute atomic E-state index is 12.2. The number of carbonyl (C=O) groups excluding carboxylic acids is 2. The van der Waals surface area contributed by atoms with E-state index in [1.165, 1.54) is 5.56 Å². The number of unbranched alkanes of at least 4 members (excludes halogenated alkanes) is 1. The topological polar surface area (TPSA) is 46.6 Å². The first kappa shape index (κ1) is 17.7. The molecule has 1 aliphatic heterocycles. The fourth-order valence-corrected chi connectivity index (χ4v) is 3.27. The van der Waals surface area contributed by atoms with Crippen molar-refractivity contribution in [2.75, 3.05) is 18.1 Å². The van der Waals surface area contributed by atoms with Gasteiger partial charge in [-0.25, -0.2) is 0 Å². The minimum absolute atomic E-state index is 0.428. The lowest BCUT2D eigenvalue weighted by Crippen LogP contribution is -2.30. The first-order valence-electron chi connectivity index (χ1n) is 8.33. The molecule has 0 atom stereocenters. The van der Waals surface area contributed by atoms with E-state index in [4.69, 9.17) is 4.74 Å². The number of rotatable bonds is 6. The zero-order valence-electron chi connectivity index (χ0n) is 14.3. The van der Waals surface area contributed by atoms with E-state index < -0.39 is 11.7 Å². The number of halogens is 1. The molecule has 3 rings (SSSR count). The molecule has 0 spiro atoms. The summed E-state index contributed by atoms with van der Waals surface area (Å²) in [6, 6.07) is 11.5. The van der Waals surface area contributed by atoms with Gasteiger partial charge < -0.3 is 9.64 Å². The first-order chi connectivity index (χ1) is 12.0. The SMILES string of the molecule is Cc1ccc(C)c(OCCCCN2C(=O)C(=O)c3cc(Br)ccc32)c1. The summed E-state index contributed by atoms with van der Waals surface area (Å²) in [5, 5.41) is 0. The summed E-state index contributed by atoms with van der Waals surface area (Å²) in [6.45, 7) is 5.18. The molecule has 0 saturated carbocycles. The highest BCUT2D eigenvalue weighted by Crippen LogP contribution is 2.31. The number of Topliss-reactive ketones (excluding diaryl/α,β-unsaturated/α-hetero) is 1. The number of carbonyl (C=O) groups is 2. The average molecular weight is 402 g/mol. The van der Waals surface area contributed by atoms with Crippen LogP contribution in [0, 0.1) is 13.8 Å². The van der Waals surface area contributed by atoms with Gasteiger partial charge >= 0.3 is 0 Å². The number of amides is 1. The van der Waals surface area contributed by atoms with E-state index in [0.29, 0.717) is 24.4 Å². The van der Waals surface area contributed by atoms with Crippen LogP contribution in [0.1, 0.15) is 34.3 Å². The van der Waals surface area contributed by atoms with Gasteiger partial charge in [0, 0.05) is 11.0 Å². The maximum atomic E-state index is 12.2. The lowest BCUT2D eigenvalue weighted by molar-refractivity contribution is -0.114. The Balaban J connectivity index is 1.54. The molecule has 1 amide bonds. The molecule has 0 saturated heterocycles. The highest BCUT2D eigenvalue weighted by molar-refractivity contribution is 9.10. The standard InChI is InChI=1S/C20H20BrNO3/c1-13-5-6-14(2)18(11-13)25-10-4-3-9-22-17-8-7-15(21)12-16(17)19(23)20(22)24/h5-8,11-12H,3-4,9-10H2,1-2H3. The smallest absolute Gasteiger partial charge is 0.299 e. The third-order valence-corrected chi connectivity index (χ3v) is 4.80. The average Bonchev–Trinajstić information content (AvgIpc) is 2.82. The van der Waals surface area contributed by atoms with Gasteiger partial charge in [-0.2, -0.15) is 0 Å². The van der Waals surface area contributed by atoms with Gasteiger partial charge in [-0.05, 0) is 62.1 Å². The van der Waals surface area contributed by atoms with E-state index in [2.05, 4.69) is 22.0 Å². The van der Waals surface area contributed by atoms with Crippen LogP contribution < -0.4 is 9.64 Å². The summed E-state index contributed by atoms with van der Waals surface area (Å²) in [5.41, 5.74) is 3.47. The normalized spacial score (nSPS) is 13.3. The second-order valence-corrected chi connectivity index (χ2v) is 7.19. The van der Waals surface area contributed by atoms with Crippen LogP contribution >= 0.6 is 15.9 Å². The highest BCUT2D eigenvalue weighted by atomic mass is 79.9. The number of hydrogen-bond donors (Lipinski definition) is 0. The van der Waals surface area contributed by atoms with Crippen molar-refractivity contribution < 1.29 is 14.3 Å². The van der Waals surface area contributed by atoms with Gasteiger partial charge in [-0.3, -0.25) is 9.59 Å². The lowest BCUT2D eigenvalue weighted by Gasteiger charge is -2.16. The Morgan fingerprint density at radius 3 is 2.64 bits per heavy atom. The van der Waals surface area contributed by atoms with Crippen molar-refractivity contribution in [3.8, 4) is 5.75 Å². The molecule has 0 fully saturated rings. The number of benzene rings is 2. The van der Waals surface area contributed by atoms with Crippen molar-refractivity contribution in [1.29, 1.82) is 0 Å². The molecule has 0 N–H and O–H groups in total. The van der Waals surface area contributed by atoms with Crippen molar-refractivity contribution in [2.45, 2.75) is 26.7 Å². The Labute approximate surface area is 155 Å². The van der Waals surface area contributed by atoms with Gasteiger partial charge in [0.2, 0.25) is 0 Å². The molecule has 2 aromatic rings. The number of anilines is 1. The summed E-state index contributed by atoms with van der Waals surface area (Å²) in [7, 11) is 0. The molecule has 0 aromatic heterocycles. The summed E-state index contributed by atoms with van der Waals surface area (Å²) in [6.07, 6.45) is 1.59. The summed E-state index contributed by atoms with van der Waals surface area (Å²) < 4.78 is 6.64. The van der Waals surface area contributed by atoms with Crippen molar-refractivity contribution in [2.24, 2.45) is 0 Å². The molecule has 130 valence electrons. The molecule has 0 bridgehead atoms. The van der Waals surface area contributed by atoms with Crippen LogP contribution in [0.4, 0.5) is 5.69 Å². The van der Waals surface area contributed by atoms with Gasteiger partial charge in [-0.15, -0.1) is 0 Å². The van der Waals surface area contributed by atoms with Crippen LogP contribution in [0.15, 0.2) is 40.9 Å². The van der Waals surface area contributed by atoms with Crippen LogP contribution in [0.2, 0.25) is 0 Å². The second-order valence-electron chi connectivity index (χ2n) is 6.27. The van der Waals surface area contributed by atoms with E-state index in [1.54, 1.807) is 11.0 Å². The Morgan fingerprint density at radius 2 is 1.84 bits per heavy atom. The third-order valence-electron chi connectivity index (χ3n) is 4.31. The zero-order valence-corrected chi connectivity index (χ0v) is 15.9. The van der Waals surface area contributed by atoms with Crippen LogP contribution in [0.25, 0.3) is 0 Å². The Morgan fingerprint density at radius 1 is 1.04 bits per heavy atom. The maximum Gasteiger partial charge on any atom is 0.299 e. The van der Waals surface area contributed by atoms with E-state index in [9.17, 15) is 9.59 Å². The molecule has 0 radical (unpaired) electrons. The summed E-state index contributed by atoms with van der Waals surface area (Å²) >= 11 is 3.34. The number of nitrogens with zero attached hydrogens (tertiary/aromatic N) is 1. The number of aryl methyl sites for hydroxylation is 2. The predicted molar refractivity (Wildman–Crippen MR) is 101 cm³/mol. The monoisotopic (exact) mass is 401 g/mol. The molecule has 0 aliphatic carbocycles. The number of hydrogen-bond acceptors (Lipinski definition) is 3. The molecular weight excluding hydrogens is 382 g/mol. The van der Waals surface area contributed by atoms with Gasteiger partial charge in [0.15, 0.2) is 0 Å². The molecule has 5 heteroatoms. The Kier molecular flexibility index (Phi) is 5.23. The first-order valence-corrected chi connectivity index (χ1v) is 9.12. The fourth-order valence-electron chi connectivity index (χ4n) is 2.91. The van der Waals surface area contributed by atoms with E-state index >= 15 is 0 Å². The fraction of sp³-hybridized carbons (Fsp3) is 0.300. The van der Waals surface area contributed by atoms with E-state index in [1.807, 2.05) is 38.1 Å². The minimum Gasteiger partial charge on any atom is -0.493 e. The van der Waals surface area contributed by atoms with Gasteiger partial charge in [0.1, 0.15) is 5.75 Å².